The SMILES string of the molecule is O=S(=O)(CCc1ccccn1)Nc1nc2c(s1)CNCC2. The van der Waals surface area contributed by atoms with Crippen LogP contribution in [-0.4, -0.2) is 30.7 Å². The molecule has 0 unspecified atom stereocenters. The summed E-state index contributed by atoms with van der Waals surface area (Å²) >= 11 is 1.40. The largest absolute Gasteiger partial charge is 0.311 e. The summed E-state index contributed by atoms with van der Waals surface area (Å²) in [5.41, 5.74) is 1.77. The van der Waals surface area contributed by atoms with Crippen molar-refractivity contribution in [1.29, 1.82) is 0 Å². The van der Waals surface area contributed by atoms with E-state index in [1.54, 1.807) is 6.20 Å². The van der Waals surface area contributed by atoms with Crippen LogP contribution in [0, 0.1) is 0 Å². The molecule has 0 fully saturated rings. The van der Waals surface area contributed by atoms with Crippen molar-refractivity contribution in [1.82, 2.24) is 15.3 Å². The van der Waals surface area contributed by atoms with Gasteiger partial charge in [-0.25, -0.2) is 13.4 Å². The Balaban J connectivity index is 1.64. The Morgan fingerprint density at radius 1 is 1.38 bits per heavy atom. The van der Waals surface area contributed by atoms with Crippen molar-refractivity contribution >= 4 is 26.5 Å². The number of nitrogens with one attached hydrogen (secondary N) is 2. The number of rotatable bonds is 5. The summed E-state index contributed by atoms with van der Waals surface area (Å²) in [6, 6.07) is 5.48. The maximum absolute atomic E-state index is 12.1. The van der Waals surface area contributed by atoms with Crippen molar-refractivity contribution in [2.75, 3.05) is 17.0 Å². The lowest BCUT2D eigenvalue weighted by Gasteiger charge is -2.09. The summed E-state index contributed by atoms with van der Waals surface area (Å²) in [5.74, 6) is 0.00646. The summed E-state index contributed by atoms with van der Waals surface area (Å²) in [4.78, 5) is 9.61. The van der Waals surface area contributed by atoms with Gasteiger partial charge >= 0.3 is 0 Å². The fourth-order valence-electron chi connectivity index (χ4n) is 2.14. The standard InChI is InChI=1S/C13H16N4O2S2/c18-21(19,8-5-10-3-1-2-6-15-10)17-13-16-11-4-7-14-9-12(11)20-13/h1-3,6,14H,4-5,7-9H2,(H,16,17). The Morgan fingerprint density at radius 2 is 2.29 bits per heavy atom. The van der Waals surface area contributed by atoms with E-state index in [4.69, 9.17) is 0 Å². The molecule has 112 valence electrons. The predicted octanol–water partition coefficient (Wildman–Crippen LogP) is 1.17. The van der Waals surface area contributed by atoms with Crippen LogP contribution < -0.4 is 10.0 Å². The monoisotopic (exact) mass is 324 g/mol. The van der Waals surface area contributed by atoms with Gasteiger partial charge in [-0.05, 0) is 12.1 Å². The first-order chi connectivity index (χ1) is 10.1. The minimum Gasteiger partial charge on any atom is -0.311 e. The molecule has 8 heteroatoms. The zero-order valence-corrected chi connectivity index (χ0v) is 13.0. The van der Waals surface area contributed by atoms with Gasteiger partial charge in [0.2, 0.25) is 10.0 Å². The molecular weight excluding hydrogens is 308 g/mol. The number of hydrogen-bond donors (Lipinski definition) is 2. The van der Waals surface area contributed by atoms with Crippen LogP contribution in [0.25, 0.3) is 0 Å². The molecule has 0 aliphatic carbocycles. The summed E-state index contributed by atoms with van der Waals surface area (Å²) in [7, 11) is -3.39. The van der Waals surface area contributed by atoms with Gasteiger partial charge in [-0.3, -0.25) is 9.71 Å². The minimum atomic E-state index is -3.39. The van der Waals surface area contributed by atoms with Crippen molar-refractivity contribution in [3.63, 3.8) is 0 Å². The average molecular weight is 324 g/mol. The first kappa shape index (κ1) is 14.4. The molecule has 0 spiro atoms. The van der Waals surface area contributed by atoms with Crippen LogP contribution >= 0.6 is 11.3 Å². The lowest BCUT2D eigenvalue weighted by Crippen LogP contribution is -2.22. The highest BCUT2D eigenvalue weighted by atomic mass is 32.2. The second-order valence-corrected chi connectivity index (χ2v) is 7.73. The summed E-state index contributed by atoms with van der Waals surface area (Å²) in [5, 5.41) is 3.71. The first-order valence-corrected chi connectivity index (χ1v) is 9.19. The molecule has 0 bridgehead atoms. The molecule has 2 aromatic heterocycles. The van der Waals surface area contributed by atoms with Gasteiger partial charge in [0.25, 0.3) is 0 Å². The molecule has 0 saturated carbocycles. The quantitative estimate of drug-likeness (QED) is 0.862. The van der Waals surface area contributed by atoms with E-state index in [1.165, 1.54) is 11.3 Å². The summed E-state index contributed by atoms with van der Waals surface area (Å²) in [6.45, 7) is 1.66. The number of hydrogen-bond acceptors (Lipinski definition) is 6. The summed E-state index contributed by atoms with van der Waals surface area (Å²) in [6.07, 6.45) is 2.90. The van der Waals surface area contributed by atoms with E-state index in [1.807, 2.05) is 18.2 Å². The lowest BCUT2D eigenvalue weighted by atomic mass is 10.2. The third-order valence-corrected chi connectivity index (χ3v) is 5.59. The predicted molar refractivity (Wildman–Crippen MR) is 82.9 cm³/mol. The highest BCUT2D eigenvalue weighted by Gasteiger charge is 2.18. The van der Waals surface area contributed by atoms with E-state index in [0.29, 0.717) is 11.6 Å². The Bertz CT molecular complexity index is 690. The van der Waals surface area contributed by atoms with Crippen LogP contribution in [0.3, 0.4) is 0 Å². The molecule has 0 amide bonds. The smallest absolute Gasteiger partial charge is 0.234 e. The van der Waals surface area contributed by atoms with E-state index < -0.39 is 10.0 Å². The number of aromatic nitrogens is 2. The molecule has 1 aliphatic rings. The highest BCUT2D eigenvalue weighted by Crippen LogP contribution is 2.26. The minimum absolute atomic E-state index is 0.00646. The van der Waals surface area contributed by atoms with Gasteiger partial charge in [-0.2, -0.15) is 0 Å². The number of thiazole rings is 1. The van der Waals surface area contributed by atoms with Gasteiger partial charge in [-0.1, -0.05) is 17.4 Å². The maximum atomic E-state index is 12.1. The second kappa shape index (κ2) is 6.08. The zero-order chi connectivity index (χ0) is 14.7. The number of aryl methyl sites for hydroxylation is 1. The van der Waals surface area contributed by atoms with Crippen LogP contribution in [0.1, 0.15) is 16.3 Å². The van der Waals surface area contributed by atoms with Gasteiger partial charge in [-0.15, -0.1) is 0 Å². The van der Waals surface area contributed by atoms with Crippen molar-refractivity contribution < 1.29 is 8.42 Å². The van der Waals surface area contributed by atoms with Crippen molar-refractivity contribution in [2.45, 2.75) is 19.4 Å². The number of anilines is 1. The molecule has 21 heavy (non-hydrogen) atoms. The van der Waals surface area contributed by atoms with Gasteiger partial charge in [0.15, 0.2) is 5.13 Å². The van der Waals surface area contributed by atoms with Crippen molar-refractivity contribution in [3.05, 3.63) is 40.7 Å². The van der Waals surface area contributed by atoms with Gasteiger partial charge in [0.05, 0.1) is 11.4 Å². The molecule has 3 heterocycles. The highest BCUT2D eigenvalue weighted by molar-refractivity contribution is 7.92. The molecule has 0 saturated heterocycles. The number of pyridine rings is 1. The third-order valence-electron chi connectivity index (χ3n) is 3.20. The van der Waals surface area contributed by atoms with E-state index in [0.717, 1.165) is 35.8 Å². The van der Waals surface area contributed by atoms with Crippen molar-refractivity contribution in [3.8, 4) is 0 Å². The van der Waals surface area contributed by atoms with Crippen LogP contribution in [0.2, 0.25) is 0 Å². The van der Waals surface area contributed by atoms with Crippen molar-refractivity contribution in [2.24, 2.45) is 0 Å². The fourth-order valence-corrected chi connectivity index (χ4v) is 4.41. The van der Waals surface area contributed by atoms with Crippen LogP contribution in [0.15, 0.2) is 24.4 Å². The molecule has 1 aliphatic heterocycles. The van der Waals surface area contributed by atoms with Gasteiger partial charge in [0.1, 0.15) is 0 Å². The van der Waals surface area contributed by atoms with E-state index >= 15 is 0 Å². The lowest BCUT2D eigenvalue weighted by molar-refractivity contribution is 0.600. The van der Waals surface area contributed by atoms with E-state index in [-0.39, 0.29) is 5.75 Å². The maximum Gasteiger partial charge on any atom is 0.234 e. The average Bonchev–Trinajstić information content (AvgIpc) is 2.87. The number of sulfonamides is 1. The Labute approximate surface area is 127 Å². The van der Waals surface area contributed by atoms with E-state index in [9.17, 15) is 8.42 Å². The number of nitrogens with zero attached hydrogens (tertiary/aromatic N) is 2. The molecular formula is C13H16N4O2S2. The van der Waals surface area contributed by atoms with E-state index in [2.05, 4.69) is 20.0 Å². The van der Waals surface area contributed by atoms with Crippen LogP contribution in [0.4, 0.5) is 5.13 Å². The van der Waals surface area contributed by atoms with Gasteiger partial charge < -0.3 is 5.32 Å². The van der Waals surface area contributed by atoms with Gasteiger partial charge in [0, 0.05) is 42.7 Å². The molecule has 2 aromatic rings. The third kappa shape index (κ3) is 3.78. The van der Waals surface area contributed by atoms with Crippen LogP contribution in [-0.2, 0) is 29.4 Å². The molecule has 3 rings (SSSR count). The number of fused-ring (bicyclic) bond motifs is 1. The summed E-state index contributed by atoms with van der Waals surface area (Å²) < 4.78 is 26.8. The molecule has 0 radical (unpaired) electrons. The first-order valence-electron chi connectivity index (χ1n) is 6.72. The zero-order valence-electron chi connectivity index (χ0n) is 11.4. The molecule has 6 nitrogen and oxygen atoms in total. The topological polar surface area (TPSA) is 84.0 Å². The Kier molecular flexibility index (Phi) is 4.18. The fraction of sp³-hybridized carbons (Fsp3) is 0.385. The molecule has 0 atom stereocenters. The van der Waals surface area contributed by atoms with Crippen LogP contribution in [0.5, 0.6) is 0 Å². The molecule has 0 aromatic carbocycles. The Morgan fingerprint density at radius 3 is 3.05 bits per heavy atom. The second-order valence-electron chi connectivity index (χ2n) is 4.81. The normalized spacial score (nSPS) is 14.7. The molecule has 2 N–H and O–H groups in total. The Hall–Kier alpha value is -1.51.